The highest BCUT2D eigenvalue weighted by atomic mass is 19.4. The van der Waals surface area contributed by atoms with Gasteiger partial charge >= 0.3 is 6.18 Å². The van der Waals surface area contributed by atoms with Crippen LogP contribution < -0.4 is 5.32 Å². The van der Waals surface area contributed by atoms with Crippen LogP contribution in [-0.4, -0.2) is 31.5 Å². The fraction of sp³-hybridized carbons (Fsp3) is 1.00. The van der Waals surface area contributed by atoms with Crippen molar-refractivity contribution in [2.24, 2.45) is 5.92 Å². The Hall–Kier alpha value is -0.290. The topological polar surface area (TPSA) is 21.3 Å². The van der Waals surface area contributed by atoms with Crippen LogP contribution in [0.25, 0.3) is 0 Å². The molecule has 18 heavy (non-hydrogen) atoms. The maximum atomic E-state index is 12.1. The van der Waals surface area contributed by atoms with E-state index in [4.69, 9.17) is 4.74 Å². The van der Waals surface area contributed by atoms with Crippen LogP contribution in [0.2, 0.25) is 0 Å². The Morgan fingerprint density at radius 3 is 2.50 bits per heavy atom. The van der Waals surface area contributed by atoms with Crippen LogP contribution in [0, 0.1) is 5.92 Å². The zero-order chi connectivity index (χ0) is 13.6. The molecule has 108 valence electrons. The summed E-state index contributed by atoms with van der Waals surface area (Å²) in [6.45, 7) is 4.76. The number of rotatable bonds is 6. The van der Waals surface area contributed by atoms with Crippen LogP contribution >= 0.6 is 0 Å². The largest absolute Gasteiger partial charge is 0.391 e. The fourth-order valence-corrected chi connectivity index (χ4v) is 2.59. The predicted molar refractivity (Wildman–Crippen MR) is 65.5 cm³/mol. The number of alkyl halides is 3. The number of halogens is 3. The maximum absolute atomic E-state index is 12.1. The average molecular weight is 267 g/mol. The van der Waals surface area contributed by atoms with Gasteiger partial charge in [0.2, 0.25) is 0 Å². The lowest BCUT2D eigenvalue weighted by Gasteiger charge is -2.36. The summed E-state index contributed by atoms with van der Waals surface area (Å²) in [4.78, 5) is 0. The Morgan fingerprint density at radius 1 is 1.22 bits per heavy atom. The second-order valence-corrected chi connectivity index (χ2v) is 5.03. The van der Waals surface area contributed by atoms with Gasteiger partial charge in [0, 0.05) is 6.04 Å². The van der Waals surface area contributed by atoms with E-state index in [0.717, 1.165) is 32.2 Å². The summed E-state index contributed by atoms with van der Waals surface area (Å²) in [5.74, 6) is 0.593. The van der Waals surface area contributed by atoms with Crippen molar-refractivity contribution in [3.05, 3.63) is 0 Å². The number of hydrogen-bond donors (Lipinski definition) is 1. The third kappa shape index (κ3) is 5.57. The molecule has 1 aliphatic carbocycles. The Kier molecular flexibility index (Phi) is 6.43. The molecule has 1 aliphatic rings. The first-order chi connectivity index (χ1) is 8.46. The van der Waals surface area contributed by atoms with Gasteiger partial charge < -0.3 is 10.1 Å². The van der Waals surface area contributed by atoms with Crippen LogP contribution in [0.1, 0.15) is 46.0 Å². The van der Waals surface area contributed by atoms with E-state index in [2.05, 4.69) is 12.2 Å². The Labute approximate surface area is 107 Å². The first kappa shape index (κ1) is 15.8. The summed E-state index contributed by atoms with van der Waals surface area (Å²) in [7, 11) is 0. The van der Waals surface area contributed by atoms with E-state index in [9.17, 15) is 13.2 Å². The normalized spacial score (nSPS) is 29.5. The molecule has 0 aromatic heterocycles. The zero-order valence-corrected chi connectivity index (χ0v) is 11.2. The molecule has 0 heterocycles. The van der Waals surface area contributed by atoms with Gasteiger partial charge in [0.15, 0.2) is 0 Å². The number of ether oxygens (including phenoxy) is 1. The minimum absolute atomic E-state index is 0.0639. The molecular weight excluding hydrogens is 243 g/mol. The summed E-state index contributed by atoms with van der Waals surface area (Å²) < 4.78 is 41.8. The van der Waals surface area contributed by atoms with E-state index in [1.54, 1.807) is 0 Å². The minimum atomic E-state index is -4.12. The lowest BCUT2D eigenvalue weighted by atomic mass is 9.82. The zero-order valence-electron chi connectivity index (χ0n) is 11.2. The molecule has 1 saturated carbocycles. The standard InChI is InChI=1S/C13H24F3NO/c1-3-10-5-6-11(17-4-2)12(9-10)18-8-7-13(14,15)16/h10-12,17H,3-9H2,1-2H3. The third-order valence-corrected chi connectivity index (χ3v) is 3.66. The molecule has 0 amide bonds. The monoisotopic (exact) mass is 267 g/mol. The van der Waals surface area contributed by atoms with Gasteiger partial charge in [-0.25, -0.2) is 0 Å². The number of nitrogens with one attached hydrogen (secondary N) is 1. The second-order valence-electron chi connectivity index (χ2n) is 5.03. The van der Waals surface area contributed by atoms with Gasteiger partial charge in [-0.05, 0) is 31.7 Å². The Morgan fingerprint density at radius 2 is 1.94 bits per heavy atom. The molecule has 0 spiro atoms. The van der Waals surface area contributed by atoms with Gasteiger partial charge in [0.1, 0.15) is 0 Å². The first-order valence-electron chi connectivity index (χ1n) is 6.88. The maximum Gasteiger partial charge on any atom is 0.391 e. The molecule has 3 unspecified atom stereocenters. The number of likely N-dealkylation sites (N-methyl/N-ethyl adjacent to an activating group) is 1. The van der Waals surface area contributed by atoms with E-state index in [0.29, 0.717) is 5.92 Å². The van der Waals surface area contributed by atoms with E-state index in [1.807, 2.05) is 6.92 Å². The molecule has 3 atom stereocenters. The first-order valence-corrected chi connectivity index (χ1v) is 6.88. The SMILES string of the molecule is CCNC1CCC(CC)CC1OCCC(F)(F)F. The van der Waals surface area contributed by atoms with Crippen LogP contribution in [0.4, 0.5) is 13.2 Å². The lowest BCUT2D eigenvalue weighted by Crippen LogP contribution is -2.45. The molecule has 0 bridgehead atoms. The summed E-state index contributed by atoms with van der Waals surface area (Å²) in [5, 5.41) is 3.32. The molecule has 1 N–H and O–H groups in total. The van der Waals surface area contributed by atoms with Gasteiger partial charge in [0.05, 0.1) is 19.1 Å². The second kappa shape index (κ2) is 7.34. The Balaban J connectivity index is 2.40. The molecule has 0 saturated heterocycles. The van der Waals surface area contributed by atoms with Gasteiger partial charge in [-0.3, -0.25) is 0 Å². The van der Waals surface area contributed by atoms with Gasteiger partial charge in [-0.15, -0.1) is 0 Å². The summed E-state index contributed by atoms with van der Waals surface area (Å²) in [6, 6.07) is 0.214. The van der Waals surface area contributed by atoms with Crippen molar-refractivity contribution < 1.29 is 17.9 Å². The van der Waals surface area contributed by atoms with Crippen LogP contribution in [0.15, 0.2) is 0 Å². The summed E-state index contributed by atoms with van der Waals surface area (Å²) in [6.07, 6.45) is -0.919. The Bertz CT molecular complexity index is 233. The van der Waals surface area contributed by atoms with E-state index in [-0.39, 0.29) is 18.8 Å². The molecule has 0 aromatic carbocycles. The van der Waals surface area contributed by atoms with E-state index in [1.165, 1.54) is 0 Å². The van der Waals surface area contributed by atoms with Crippen LogP contribution in [0.5, 0.6) is 0 Å². The minimum Gasteiger partial charge on any atom is -0.376 e. The molecule has 0 aliphatic heterocycles. The van der Waals surface area contributed by atoms with Crippen molar-refractivity contribution in [3.8, 4) is 0 Å². The van der Waals surface area contributed by atoms with Crippen molar-refractivity contribution in [1.82, 2.24) is 5.32 Å². The molecule has 1 fully saturated rings. The number of hydrogen-bond acceptors (Lipinski definition) is 2. The lowest BCUT2D eigenvalue weighted by molar-refractivity contribution is -0.152. The van der Waals surface area contributed by atoms with Crippen molar-refractivity contribution in [3.63, 3.8) is 0 Å². The summed E-state index contributed by atoms with van der Waals surface area (Å²) >= 11 is 0. The molecule has 2 nitrogen and oxygen atoms in total. The summed E-state index contributed by atoms with van der Waals surface area (Å²) in [5.41, 5.74) is 0. The highest BCUT2D eigenvalue weighted by Gasteiger charge is 2.32. The smallest absolute Gasteiger partial charge is 0.376 e. The molecular formula is C13H24F3NO. The quantitative estimate of drug-likeness (QED) is 0.795. The highest BCUT2D eigenvalue weighted by molar-refractivity contribution is 4.85. The average Bonchev–Trinajstić information content (AvgIpc) is 2.30. The van der Waals surface area contributed by atoms with Gasteiger partial charge in [-0.1, -0.05) is 20.3 Å². The van der Waals surface area contributed by atoms with Crippen molar-refractivity contribution in [1.29, 1.82) is 0 Å². The van der Waals surface area contributed by atoms with Gasteiger partial charge in [-0.2, -0.15) is 13.2 Å². The highest BCUT2D eigenvalue weighted by Crippen LogP contribution is 2.29. The molecule has 0 radical (unpaired) electrons. The van der Waals surface area contributed by atoms with E-state index >= 15 is 0 Å². The predicted octanol–water partition coefficient (Wildman–Crippen LogP) is 3.51. The van der Waals surface area contributed by atoms with Crippen molar-refractivity contribution in [2.75, 3.05) is 13.2 Å². The molecule has 5 heteroatoms. The third-order valence-electron chi connectivity index (χ3n) is 3.66. The van der Waals surface area contributed by atoms with Gasteiger partial charge in [0.25, 0.3) is 0 Å². The van der Waals surface area contributed by atoms with Crippen LogP contribution in [-0.2, 0) is 4.74 Å². The van der Waals surface area contributed by atoms with E-state index < -0.39 is 12.6 Å². The van der Waals surface area contributed by atoms with Crippen molar-refractivity contribution >= 4 is 0 Å². The van der Waals surface area contributed by atoms with Crippen LogP contribution in [0.3, 0.4) is 0 Å². The molecule has 1 rings (SSSR count). The van der Waals surface area contributed by atoms with Crippen molar-refractivity contribution in [2.45, 2.75) is 64.3 Å². The fourth-order valence-electron chi connectivity index (χ4n) is 2.59. The molecule has 0 aromatic rings.